The third kappa shape index (κ3) is 2.14. The average Bonchev–Trinajstić information content (AvgIpc) is 2.38. The lowest BCUT2D eigenvalue weighted by atomic mass is 10.1. The molecule has 0 saturated carbocycles. The minimum Gasteiger partial charge on any atom is -0.464 e. The fourth-order valence-corrected chi connectivity index (χ4v) is 1.87. The van der Waals surface area contributed by atoms with Gasteiger partial charge in [-0.2, -0.15) is 0 Å². The number of nitrogens with one attached hydrogen (secondary N) is 1. The summed E-state index contributed by atoms with van der Waals surface area (Å²) < 4.78 is 4.68. The van der Waals surface area contributed by atoms with Crippen LogP contribution in [0.15, 0.2) is 18.2 Å². The number of amides is 1. The minimum atomic E-state index is -1.59. The highest BCUT2D eigenvalue weighted by Crippen LogP contribution is 2.38. The SMILES string of the molecule is CCOC(=O)C1C(=O)Nc2c(cccc2[N+](=O)[O-])N1O. The predicted octanol–water partition coefficient (Wildman–Crippen LogP) is 0.674. The number of hydroxylamine groups is 1. The lowest BCUT2D eigenvalue weighted by molar-refractivity contribution is -0.383. The van der Waals surface area contributed by atoms with Gasteiger partial charge in [0.2, 0.25) is 6.04 Å². The van der Waals surface area contributed by atoms with Crippen LogP contribution < -0.4 is 10.4 Å². The molecule has 0 aliphatic carbocycles. The van der Waals surface area contributed by atoms with Crippen molar-refractivity contribution in [3.05, 3.63) is 28.3 Å². The molecule has 1 amide bonds. The number of esters is 1. The summed E-state index contributed by atoms with van der Waals surface area (Å²) in [5.74, 6) is -1.84. The molecule has 0 saturated heterocycles. The summed E-state index contributed by atoms with van der Waals surface area (Å²) >= 11 is 0. The number of carbonyl (C=O) groups is 2. The first-order valence-electron chi connectivity index (χ1n) is 5.70. The molecule has 1 atom stereocenters. The third-order valence-corrected chi connectivity index (χ3v) is 2.71. The number of nitro groups is 1. The van der Waals surface area contributed by atoms with Crippen LogP contribution in [0.4, 0.5) is 17.1 Å². The second-order valence-electron chi connectivity index (χ2n) is 3.92. The number of para-hydroxylation sites is 1. The van der Waals surface area contributed by atoms with Crippen molar-refractivity contribution in [3.63, 3.8) is 0 Å². The van der Waals surface area contributed by atoms with Crippen molar-refractivity contribution in [2.75, 3.05) is 17.0 Å². The average molecular weight is 281 g/mol. The smallest absolute Gasteiger partial charge is 0.341 e. The fraction of sp³-hybridized carbons (Fsp3) is 0.273. The van der Waals surface area contributed by atoms with Gasteiger partial charge in [-0.15, -0.1) is 0 Å². The van der Waals surface area contributed by atoms with Gasteiger partial charge < -0.3 is 10.1 Å². The molecular formula is C11H11N3O6. The highest BCUT2D eigenvalue weighted by Gasteiger charge is 2.41. The Balaban J connectivity index is 2.46. The van der Waals surface area contributed by atoms with E-state index < -0.39 is 22.8 Å². The van der Waals surface area contributed by atoms with E-state index in [9.17, 15) is 24.9 Å². The van der Waals surface area contributed by atoms with Gasteiger partial charge in [0.05, 0.1) is 17.2 Å². The Hall–Kier alpha value is -2.68. The van der Waals surface area contributed by atoms with Crippen molar-refractivity contribution < 1.29 is 24.5 Å². The van der Waals surface area contributed by atoms with Gasteiger partial charge in [0, 0.05) is 6.07 Å². The van der Waals surface area contributed by atoms with Crippen LogP contribution in [0.2, 0.25) is 0 Å². The molecule has 0 spiro atoms. The van der Waals surface area contributed by atoms with Gasteiger partial charge in [-0.05, 0) is 13.0 Å². The molecule has 1 unspecified atom stereocenters. The summed E-state index contributed by atoms with van der Waals surface area (Å²) in [6.07, 6.45) is 0. The van der Waals surface area contributed by atoms with Crippen molar-refractivity contribution in [1.29, 1.82) is 0 Å². The second kappa shape index (κ2) is 5.13. The van der Waals surface area contributed by atoms with Crippen LogP contribution in [-0.4, -0.2) is 34.7 Å². The molecular weight excluding hydrogens is 270 g/mol. The largest absolute Gasteiger partial charge is 0.464 e. The van der Waals surface area contributed by atoms with Crippen molar-refractivity contribution in [2.45, 2.75) is 13.0 Å². The zero-order chi connectivity index (χ0) is 14.9. The number of hydrogen-bond acceptors (Lipinski definition) is 7. The molecule has 0 radical (unpaired) electrons. The third-order valence-electron chi connectivity index (χ3n) is 2.71. The van der Waals surface area contributed by atoms with Crippen molar-refractivity contribution >= 4 is 28.9 Å². The maximum Gasteiger partial charge on any atom is 0.341 e. The topological polar surface area (TPSA) is 122 Å². The zero-order valence-corrected chi connectivity index (χ0v) is 10.4. The number of benzene rings is 1. The second-order valence-corrected chi connectivity index (χ2v) is 3.92. The van der Waals surface area contributed by atoms with Gasteiger partial charge in [0.15, 0.2) is 0 Å². The summed E-state index contributed by atoms with van der Waals surface area (Å²) in [6.45, 7) is 1.59. The number of rotatable bonds is 3. The Morgan fingerprint density at radius 1 is 1.60 bits per heavy atom. The highest BCUT2D eigenvalue weighted by atomic mass is 16.6. The molecule has 20 heavy (non-hydrogen) atoms. The van der Waals surface area contributed by atoms with Gasteiger partial charge in [-0.1, -0.05) is 6.07 Å². The molecule has 2 N–H and O–H groups in total. The molecule has 0 fully saturated rings. The van der Waals surface area contributed by atoms with Crippen molar-refractivity contribution in [2.24, 2.45) is 0 Å². The molecule has 9 heteroatoms. The number of ether oxygens (including phenoxy) is 1. The fourth-order valence-electron chi connectivity index (χ4n) is 1.87. The van der Waals surface area contributed by atoms with Crippen LogP contribution in [-0.2, 0) is 14.3 Å². The number of anilines is 2. The van der Waals surface area contributed by atoms with E-state index in [1.807, 2.05) is 0 Å². The lowest BCUT2D eigenvalue weighted by Gasteiger charge is -2.30. The van der Waals surface area contributed by atoms with Gasteiger partial charge in [0.1, 0.15) is 5.69 Å². The first-order chi connectivity index (χ1) is 9.47. The molecule has 2 rings (SSSR count). The van der Waals surface area contributed by atoms with Gasteiger partial charge in [-0.25, -0.2) is 9.86 Å². The van der Waals surface area contributed by atoms with E-state index in [0.717, 1.165) is 0 Å². The molecule has 0 bridgehead atoms. The van der Waals surface area contributed by atoms with Crippen LogP contribution in [0.1, 0.15) is 6.92 Å². The summed E-state index contributed by atoms with van der Waals surface area (Å²) in [5, 5.41) is 23.4. The van der Waals surface area contributed by atoms with Crippen LogP contribution in [0, 0.1) is 10.1 Å². The van der Waals surface area contributed by atoms with E-state index in [2.05, 4.69) is 10.1 Å². The Morgan fingerprint density at radius 3 is 2.90 bits per heavy atom. The number of fused-ring (bicyclic) bond motifs is 1. The normalized spacial score (nSPS) is 17.2. The standard InChI is InChI=1S/C11H11N3O6/c1-2-20-11(16)9-10(15)12-8-6(13(9)17)4-3-5-7(8)14(18)19/h3-5,9,17H,2H2,1H3,(H,12,15). The number of nitro benzene ring substituents is 1. The summed E-state index contributed by atoms with van der Waals surface area (Å²) in [5.41, 5.74) is -0.584. The van der Waals surface area contributed by atoms with E-state index in [1.165, 1.54) is 18.2 Å². The van der Waals surface area contributed by atoms with Crippen LogP contribution in [0.3, 0.4) is 0 Å². The zero-order valence-electron chi connectivity index (χ0n) is 10.4. The maximum absolute atomic E-state index is 11.8. The highest BCUT2D eigenvalue weighted by molar-refractivity contribution is 6.15. The first kappa shape index (κ1) is 13.7. The number of hydrogen-bond donors (Lipinski definition) is 2. The quantitative estimate of drug-likeness (QED) is 0.361. The van der Waals surface area contributed by atoms with E-state index in [1.54, 1.807) is 6.92 Å². The molecule has 0 aromatic heterocycles. The minimum absolute atomic E-state index is 0.0399. The molecule has 1 aromatic rings. The lowest BCUT2D eigenvalue weighted by Crippen LogP contribution is -2.52. The monoisotopic (exact) mass is 281 g/mol. The van der Waals surface area contributed by atoms with Gasteiger partial charge >= 0.3 is 5.97 Å². The summed E-state index contributed by atoms with van der Waals surface area (Å²) in [4.78, 5) is 33.6. The summed E-state index contributed by atoms with van der Waals surface area (Å²) in [6, 6.07) is 2.26. The Bertz CT molecular complexity index is 588. The van der Waals surface area contributed by atoms with E-state index >= 15 is 0 Å². The van der Waals surface area contributed by atoms with Crippen LogP contribution in [0.25, 0.3) is 0 Å². The Kier molecular flexibility index (Phi) is 3.53. The van der Waals surface area contributed by atoms with Gasteiger partial charge in [0.25, 0.3) is 11.6 Å². The Morgan fingerprint density at radius 2 is 2.30 bits per heavy atom. The van der Waals surface area contributed by atoms with E-state index in [4.69, 9.17) is 0 Å². The molecule has 1 aliphatic rings. The molecule has 106 valence electrons. The molecule has 9 nitrogen and oxygen atoms in total. The number of nitrogens with zero attached hydrogens (tertiary/aromatic N) is 2. The van der Waals surface area contributed by atoms with Gasteiger partial charge in [-0.3, -0.25) is 20.1 Å². The Labute approximate surface area is 112 Å². The number of carbonyl (C=O) groups excluding carboxylic acids is 2. The van der Waals surface area contributed by atoms with Crippen molar-refractivity contribution in [1.82, 2.24) is 0 Å². The van der Waals surface area contributed by atoms with Crippen LogP contribution in [0.5, 0.6) is 0 Å². The summed E-state index contributed by atoms with van der Waals surface area (Å²) in [7, 11) is 0. The van der Waals surface area contributed by atoms with Crippen LogP contribution >= 0.6 is 0 Å². The van der Waals surface area contributed by atoms with Crippen molar-refractivity contribution in [3.8, 4) is 0 Å². The first-order valence-corrected chi connectivity index (χ1v) is 5.70. The van der Waals surface area contributed by atoms with E-state index in [0.29, 0.717) is 5.06 Å². The molecule has 1 aliphatic heterocycles. The molecule has 1 aromatic carbocycles. The maximum atomic E-state index is 11.8. The molecule has 1 heterocycles. The predicted molar refractivity (Wildman–Crippen MR) is 66.4 cm³/mol. The van der Waals surface area contributed by atoms with E-state index in [-0.39, 0.29) is 23.7 Å².